The van der Waals surface area contributed by atoms with E-state index in [2.05, 4.69) is 0 Å². The van der Waals surface area contributed by atoms with E-state index in [0.29, 0.717) is 12.2 Å². The monoisotopic (exact) mass is 337 g/mol. The number of nitrogens with two attached hydrogens (primary N) is 1. The van der Waals surface area contributed by atoms with E-state index in [4.69, 9.17) is 10.5 Å². The van der Waals surface area contributed by atoms with Crippen LogP contribution in [0.5, 0.6) is 0 Å². The molecule has 0 aliphatic carbocycles. The predicted molar refractivity (Wildman–Crippen MR) is 66.9 cm³/mol. The lowest BCUT2D eigenvalue weighted by Crippen LogP contribution is -2.55. The molecule has 0 aromatic rings. The summed E-state index contributed by atoms with van der Waals surface area (Å²) in [5.74, 6) is -2.88. The number of hydrogen-bond donors (Lipinski definition) is 1. The Hall–Kier alpha value is -0.150. The lowest BCUT2D eigenvalue weighted by molar-refractivity contribution is -0.294. The normalized spacial score (nSPS) is 32.9. The Morgan fingerprint density at radius 1 is 1.14 bits per heavy atom. The third-order valence-electron chi connectivity index (χ3n) is 4.23. The van der Waals surface area contributed by atoms with Crippen molar-refractivity contribution in [1.82, 2.24) is 0 Å². The summed E-state index contributed by atoms with van der Waals surface area (Å²) in [5.41, 5.74) is 4.82. The van der Waals surface area contributed by atoms with Gasteiger partial charge >= 0.3 is 12.4 Å². The third kappa shape index (κ3) is 3.79. The average Bonchev–Trinajstić information content (AvgIpc) is 2.73. The molecule has 1 spiro atoms. The molecule has 0 amide bonds. The van der Waals surface area contributed by atoms with Gasteiger partial charge in [-0.25, -0.2) is 0 Å². The molecule has 2 fully saturated rings. The van der Waals surface area contributed by atoms with Crippen LogP contribution in [0, 0.1) is 11.8 Å². The van der Waals surface area contributed by atoms with Gasteiger partial charge in [0, 0.05) is 18.4 Å². The Bertz CT molecular complexity index is 352. The molecule has 2 nitrogen and oxygen atoms in total. The molecular weight excluding hydrogens is 320 g/mol. The topological polar surface area (TPSA) is 35.2 Å². The number of ether oxygens (including phenoxy) is 1. The van der Waals surface area contributed by atoms with Crippen LogP contribution in [0.25, 0.3) is 0 Å². The molecule has 2 saturated heterocycles. The summed E-state index contributed by atoms with van der Waals surface area (Å²) in [7, 11) is 0. The molecule has 0 bridgehead atoms. The lowest BCUT2D eigenvalue weighted by atomic mass is 9.77. The van der Waals surface area contributed by atoms with Gasteiger partial charge in [0.2, 0.25) is 0 Å². The minimum atomic E-state index is -5.38. The number of halogens is 6. The van der Waals surface area contributed by atoms with Crippen LogP contribution in [0.15, 0.2) is 0 Å². The fraction of sp³-hybridized carbons (Fsp3) is 1.00. The van der Waals surface area contributed by atoms with Crippen molar-refractivity contribution in [2.45, 2.75) is 43.3 Å². The first-order valence-electron chi connectivity index (χ1n) is 6.66. The summed E-state index contributed by atoms with van der Waals surface area (Å²) in [6.45, 7) is 0.168. The first kappa shape index (κ1) is 17.2. The molecule has 3 unspecified atom stereocenters. The molecule has 0 radical (unpaired) electrons. The van der Waals surface area contributed by atoms with E-state index in [0.717, 1.165) is 5.75 Å². The van der Waals surface area contributed by atoms with Crippen molar-refractivity contribution in [2.24, 2.45) is 17.6 Å². The van der Waals surface area contributed by atoms with Crippen LogP contribution in [0.3, 0.4) is 0 Å². The predicted octanol–water partition coefficient (Wildman–Crippen LogP) is 3.36. The number of rotatable bonds is 2. The zero-order valence-corrected chi connectivity index (χ0v) is 12.0. The van der Waals surface area contributed by atoms with Gasteiger partial charge in [-0.1, -0.05) is 0 Å². The van der Waals surface area contributed by atoms with Crippen molar-refractivity contribution in [3.05, 3.63) is 0 Å². The molecule has 2 aliphatic rings. The molecule has 2 rings (SSSR count). The highest BCUT2D eigenvalue weighted by Crippen LogP contribution is 2.47. The fourth-order valence-electron chi connectivity index (χ4n) is 3.15. The first-order chi connectivity index (χ1) is 9.55. The Morgan fingerprint density at radius 2 is 1.76 bits per heavy atom. The van der Waals surface area contributed by atoms with Gasteiger partial charge in [0.05, 0.1) is 5.60 Å². The zero-order chi connectivity index (χ0) is 15.9. The van der Waals surface area contributed by atoms with Gasteiger partial charge < -0.3 is 10.5 Å². The Balaban J connectivity index is 2.15. The standard InChI is InChI=1S/C12H17F6NOS/c13-11(14,15)9(12(16,17)18)8(19)7-1-3-20-10(5-7)2-4-21-6-10/h7-9H,1-6,19H2. The molecule has 0 saturated carbocycles. The molecule has 0 aromatic carbocycles. The lowest BCUT2D eigenvalue weighted by Gasteiger charge is -2.42. The maximum Gasteiger partial charge on any atom is 0.402 e. The van der Waals surface area contributed by atoms with E-state index in [9.17, 15) is 26.3 Å². The van der Waals surface area contributed by atoms with Gasteiger partial charge in [-0.15, -0.1) is 0 Å². The summed E-state index contributed by atoms with van der Waals surface area (Å²) >= 11 is 1.60. The van der Waals surface area contributed by atoms with Crippen LogP contribution < -0.4 is 5.73 Å². The molecular formula is C12H17F6NOS. The zero-order valence-electron chi connectivity index (χ0n) is 11.1. The van der Waals surface area contributed by atoms with Gasteiger partial charge in [-0.2, -0.15) is 38.1 Å². The minimum Gasteiger partial charge on any atom is -0.374 e. The van der Waals surface area contributed by atoms with E-state index in [1.807, 2.05) is 0 Å². The largest absolute Gasteiger partial charge is 0.402 e. The second-order valence-corrected chi connectivity index (χ2v) is 6.83. The fourth-order valence-corrected chi connectivity index (χ4v) is 4.53. The van der Waals surface area contributed by atoms with Crippen molar-refractivity contribution in [2.75, 3.05) is 18.1 Å². The van der Waals surface area contributed by atoms with E-state index >= 15 is 0 Å². The van der Waals surface area contributed by atoms with Crippen molar-refractivity contribution >= 4 is 11.8 Å². The second-order valence-electron chi connectivity index (χ2n) is 5.73. The van der Waals surface area contributed by atoms with Crippen LogP contribution in [0.2, 0.25) is 0 Å². The molecule has 2 aliphatic heterocycles. The van der Waals surface area contributed by atoms with Crippen LogP contribution in [-0.4, -0.2) is 42.1 Å². The molecule has 3 atom stereocenters. The SMILES string of the molecule is NC(C1CCOC2(CCSC2)C1)C(C(F)(F)F)C(F)(F)F. The van der Waals surface area contributed by atoms with E-state index in [1.165, 1.54) is 0 Å². The number of hydrogen-bond acceptors (Lipinski definition) is 3. The molecule has 9 heteroatoms. The Morgan fingerprint density at radius 3 is 2.24 bits per heavy atom. The van der Waals surface area contributed by atoms with Gasteiger partial charge in [0.1, 0.15) is 0 Å². The Labute approximate surface area is 122 Å². The number of thioether (sulfide) groups is 1. The van der Waals surface area contributed by atoms with Crippen molar-refractivity contribution in [3.63, 3.8) is 0 Å². The number of alkyl halides is 6. The highest BCUT2D eigenvalue weighted by molar-refractivity contribution is 7.99. The second kappa shape index (κ2) is 5.81. The van der Waals surface area contributed by atoms with Crippen LogP contribution >= 0.6 is 11.8 Å². The van der Waals surface area contributed by atoms with Crippen LogP contribution in [0.1, 0.15) is 19.3 Å². The highest BCUT2D eigenvalue weighted by Gasteiger charge is 2.61. The van der Waals surface area contributed by atoms with Gasteiger partial charge in [-0.05, 0) is 30.9 Å². The molecule has 124 valence electrons. The molecule has 2 N–H and O–H groups in total. The van der Waals surface area contributed by atoms with Gasteiger partial charge in [0.25, 0.3) is 0 Å². The molecule has 0 aromatic heterocycles. The highest BCUT2D eigenvalue weighted by atomic mass is 32.2. The van der Waals surface area contributed by atoms with Crippen molar-refractivity contribution in [1.29, 1.82) is 0 Å². The maximum atomic E-state index is 12.8. The smallest absolute Gasteiger partial charge is 0.374 e. The quantitative estimate of drug-likeness (QED) is 0.785. The van der Waals surface area contributed by atoms with E-state index in [1.54, 1.807) is 11.8 Å². The Kier molecular flexibility index (Phi) is 4.76. The van der Waals surface area contributed by atoms with Crippen LogP contribution in [-0.2, 0) is 4.74 Å². The van der Waals surface area contributed by atoms with Crippen molar-refractivity contribution < 1.29 is 31.1 Å². The summed E-state index contributed by atoms with van der Waals surface area (Å²) in [6, 6.07) is -1.98. The van der Waals surface area contributed by atoms with Gasteiger partial charge in [-0.3, -0.25) is 0 Å². The van der Waals surface area contributed by atoms with E-state index < -0.39 is 35.8 Å². The third-order valence-corrected chi connectivity index (χ3v) is 5.46. The van der Waals surface area contributed by atoms with Crippen LogP contribution in [0.4, 0.5) is 26.3 Å². The minimum absolute atomic E-state index is 0.135. The molecule has 21 heavy (non-hydrogen) atoms. The maximum absolute atomic E-state index is 12.8. The van der Waals surface area contributed by atoms with E-state index in [-0.39, 0.29) is 19.4 Å². The average molecular weight is 337 g/mol. The van der Waals surface area contributed by atoms with Gasteiger partial charge in [0.15, 0.2) is 5.92 Å². The summed E-state index contributed by atoms with van der Waals surface area (Å²) in [4.78, 5) is 0. The van der Waals surface area contributed by atoms with Crippen molar-refractivity contribution in [3.8, 4) is 0 Å². The molecule has 2 heterocycles. The summed E-state index contributed by atoms with van der Waals surface area (Å²) < 4.78 is 82.1. The first-order valence-corrected chi connectivity index (χ1v) is 7.81. The summed E-state index contributed by atoms with van der Waals surface area (Å²) in [6.07, 6.45) is -9.80. The summed E-state index contributed by atoms with van der Waals surface area (Å²) in [5, 5.41) is 0.